The van der Waals surface area contributed by atoms with Gasteiger partial charge in [0.05, 0.1) is 12.5 Å². The molecular weight excluding hydrogens is 208 g/mol. The smallest absolute Gasteiger partial charge is 0.308 e. The Morgan fingerprint density at radius 2 is 1.75 bits per heavy atom. The fraction of sp³-hybridized carbons (Fsp3) is 0.818. The predicted molar refractivity (Wildman–Crippen MR) is 63.9 cm³/mol. The van der Waals surface area contributed by atoms with E-state index in [0.29, 0.717) is 0 Å². The maximum atomic E-state index is 11.3. The minimum absolute atomic E-state index is 0.0386. The molecule has 0 heterocycles. The molecule has 0 aliphatic carbocycles. The lowest BCUT2D eigenvalue weighted by Gasteiger charge is -2.21. The van der Waals surface area contributed by atoms with Gasteiger partial charge in [-0.1, -0.05) is 13.8 Å². The van der Waals surface area contributed by atoms with Crippen LogP contribution in [0.4, 0.5) is 0 Å². The standard InChI is InChI=1S/C9H18N2O3.C2H6/c1-9(2,3)14-7(12)5-6(11-4)8(10)13;1-2/h6,11H,5H2,1-4H3,(H2,10,13);1-2H3/t6-;/m0./s1. The van der Waals surface area contributed by atoms with Gasteiger partial charge in [0.1, 0.15) is 5.60 Å². The summed E-state index contributed by atoms with van der Waals surface area (Å²) < 4.78 is 5.03. The molecule has 0 saturated carbocycles. The number of primary amides is 1. The third kappa shape index (κ3) is 9.45. The minimum atomic E-state index is -0.662. The highest BCUT2D eigenvalue weighted by molar-refractivity contribution is 5.85. The van der Waals surface area contributed by atoms with Crippen LogP contribution < -0.4 is 11.1 Å². The Balaban J connectivity index is 0. The lowest BCUT2D eigenvalue weighted by molar-refractivity contribution is -0.156. The minimum Gasteiger partial charge on any atom is -0.460 e. The maximum Gasteiger partial charge on any atom is 0.308 e. The van der Waals surface area contributed by atoms with Gasteiger partial charge >= 0.3 is 5.97 Å². The number of hydrogen-bond donors (Lipinski definition) is 2. The van der Waals surface area contributed by atoms with Crippen LogP contribution in [-0.2, 0) is 14.3 Å². The molecule has 0 radical (unpaired) electrons. The van der Waals surface area contributed by atoms with Crippen molar-refractivity contribution in [3.05, 3.63) is 0 Å². The zero-order valence-corrected chi connectivity index (χ0v) is 11.1. The van der Waals surface area contributed by atoms with E-state index in [-0.39, 0.29) is 6.42 Å². The van der Waals surface area contributed by atoms with Crippen molar-refractivity contribution in [2.24, 2.45) is 5.73 Å². The molecule has 1 amide bonds. The Morgan fingerprint density at radius 1 is 1.31 bits per heavy atom. The van der Waals surface area contributed by atoms with Crippen LogP contribution in [0, 0.1) is 0 Å². The van der Waals surface area contributed by atoms with E-state index < -0.39 is 23.5 Å². The maximum absolute atomic E-state index is 11.3. The first-order valence-electron chi connectivity index (χ1n) is 5.44. The fourth-order valence-electron chi connectivity index (χ4n) is 0.895. The summed E-state index contributed by atoms with van der Waals surface area (Å²) in [6, 6.07) is -0.662. The lowest BCUT2D eigenvalue weighted by Crippen LogP contribution is -2.41. The van der Waals surface area contributed by atoms with Crippen molar-refractivity contribution in [3.8, 4) is 0 Å². The Morgan fingerprint density at radius 3 is 2.00 bits per heavy atom. The van der Waals surface area contributed by atoms with Crippen LogP contribution in [0.3, 0.4) is 0 Å². The van der Waals surface area contributed by atoms with Crippen molar-refractivity contribution < 1.29 is 14.3 Å². The summed E-state index contributed by atoms with van der Waals surface area (Å²) >= 11 is 0. The molecule has 5 nitrogen and oxygen atoms in total. The summed E-state index contributed by atoms with van der Waals surface area (Å²) in [4.78, 5) is 22.0. The number of amides is 1. The van der Waals surface area contributed by atoms with Crippen LogP contribution in [0.1, 0.15) is 41.0 Å². The third-order valence-electron chi connectivity index (χ3n) is 1.48. The highest BCUT2D eigenvalue weighted by Gasteiger charge is 2.22. The van der Waals surface area contributed by atoms with Gasteiger partial charge in [-0.05, 0) is 27.8 Å². The first-order chi connectivity index (χ1) is 7.26. The van der Waals surface area contributed by atoms with E-state index in [4.69, 9.17) is 10.5 Å². The lowest BCUT2D eigenvalue weighted by atomic mass is 10.1. The molecule has 0 aliphatic rings. The molecule has 96 valence electrons. The van der Waals surface area contributed by atoms with Crippen LogP contribution in [0.5, 0.6) is 0 Å². The third-order valence-corrected chi connectivity index (χ3v) is 1.48. The molecule has 5 heteroatoms. The first kappa shape index (κ1) is 17.3. The normalized spacial score (nSPS) is 12.1. The summed E-state index contributed by atoms with van der Waals surface area (Å²) in [5, 5.41) is 2.64. The number of carbonyl (C=O) groups is 2. The van der Waals surface area contributed by atoms with Crippen LogP contribution >= 0.6 is 0 Å². The Hall–Kier alpha value is -1.10. The second-order valence-corrected chi connectivity index (χ2v) is 4.03. The van der Waals surface area contributed by atoms with Gasteiger partial charge in [-0.2, -0.15) is 0 Å². The van der Waals surface area contributed by atoms with E-state index in [2.05, 4.69) is 5.32 Å². The molecule has 1 atom stereocenters. The topological polar surface area (TPSA) is 81.4 Å². The number of esters is 1. The van der Waals surface area contributed by atoms with Gasteiger partial charge in [0.2, 0.25) is 5.91 Å². The van der Waals surface area contributed by atoms with Crippen LogP contribution in [0.15, 0.2) is 0 Å². The van der Waals surface area contributed by atoms with Crippen molar-refractivity contribution in [1.29, 1.82) is 0 Å². The van der Waals surface area contributed by atoms with Crippen molar-refractivity contribution in [1.82, 2.24) is 5.32 Å². The number of carbonyl (C=O) groups excluding carboxylic acids is 2. The van der Waals surface area contributed by atoms with Gasteiger partial charge in [0.15, 0.2) is 0 Å². The zero-order valence-electron chi connectivity index (χ0n) is 11.1. The van der Waals surface area contributed by atoms with Gasteiger partial charge in [0, 0.05) is 0 Å². The SMILES string of the molecule is CC.CN[C@@H](CC(=O)OC(C)(C)C)C(N)=O. The molecular formula is C11H24N2O3. The quantitative estimate of drug-likeness (QED) is 0.703. The molecule has 0 aromatic rings. The first-order valence-corrected chi connectivity index (χ1v) is 5.44. The van der Waals surface area contributed by atoms with Gasteiger partial charge in [0.25, 0.3) is 0 Å². The van der Waals surface area contributed by atoms with E-state index >= 15 is 0 Å². The second kappa shape index (κ2) is 8.10. The van der Waals surface area contributed by atoms with Crippen molar-refractivity contribution in [2.45, 2.75) is 52.7 Å². The Labute approximate surface area is 97.7 Å². The largest absolute Gasteiger partial charge is 0.460 e. The zero-order chi connectivity index (χ0) is 13.4. The molecule has 0 aliphatic heterocycles. The predicted octanol–water partition coefficient (Wildman–Crippen LogP) is 0.818. The van der Waals surface area contributed by atoms with E-state index in [1.165, 1.54) is 0 Å². The summed E-state index contributed by atoms with van der Waals surface area (Å²) in [5.41, 5.74) is 4.52. The number of nitrogens with two attached hydrogens (primary N) is 1. The van der Waals surface area contributed by atoms with Crippen molar-refractivity contribution >= 4 is 11.9 Å². The van der Waals surface area contributed by atoms with Gasteiger partial charge < -0.3 is 15.8 Å². The molecule has 3 N–H and O–H groups in total. The molecule has 0 saturated heterocycles. The summed E-state index contributed by atoms with van der Waals surface area (Å²) in [6.45, 7) is 9.30. The highest BCUT2D eigenvalue weighted by Crippen LogP contribution is 2.09. The molecule has 16 heavy (non-hydrogen) atoms. The van der Waals surface area contributed by atoms with Crippen LogP contribution in [0.2, 0.25) is 0 Å². The summed E-state index contributed by atoms with van der Waals surface area (Å²) in [5.74, 6) is -0.992. The van der Waals surface area contributed by atoms with Crippen LogP contribution in [-0.4, -0.2) is 30.6 Å². The van der Waals surface area contributed by atoms with E-state index in [1.54, 1.807) is 27.8 Å². The fourth-order valence-corrected chi connectivity index (χ4v) is 0.895. The van der Waals surface area contributed by atoms with Gasteiger partial charge in [-0.3, -0.25) is 9.59 Å². The van der Waals surface area contributed by atoms with E-state index in [0.717, 1.165) is 0 Å². The molecule has 0 spiro atoms. The number of hydrogen-bond acceptors (Lipinski definition) is 4. The van der Waals surface area contributed by atoms with Crippen LogP contribution in [0.25, 0.3) is 0 Å². The summed E-state index contributed by atoms with van der Waals surface area (Å²) in [6.07, 6.45) is -0.0386. The summed E-state index contributed by atoms with van der Waals surface area (Å²) in [7, 11) is 1.57. The monoisotopic (exact) mass is 232 g/mol. The number of likely N-dealkylation sites (N-methyl/N-ethyl adjacent to an activating group) is 1. The number of nitrogens with one attached hydrogen (secondary N) is 1. The average Bonchev–Trinajstić information content (AvgIpc) is 2.14. The van der Waals surface area contributed by atoms with E-state index in [1.807, 2.05) is 13.8 Å². The molecule has 0 aromatic heterocycles. The van der Waals surface area contributed by atoms with Crippen molar-refractivity contribution in [3.63, 3.8) is 0 Å². The molecule has 0 bridgehead atoms. The van der Waals surface area contributed by atoms with Gasteiger partial charge in [-0.15, -0.1) is 0 Å². The van der Waals surface area contributed by atoms with E-state index in [9.17, 15) is 9.59 Å². The average molecular weight is 232 g/mol. The Kier molecular flexibility index (Phi) is 8.76. The van der Waals surface area contributed by atoms with Gasteiger partial charge in [-0.25, -0.2) is 0 Å². The molecule has 0 unspecified atom stereocenters. The molecule has 0 fully saturated rings. The number of ether oxygens (including phenoxy) is 1. The number of rotatable bonds is 4. The Bertz CT molecular complexity index is 222. The molecule has 0 aromatic carbocycles. The highest BCUT2D eigenvalue weighted by atomic mass is 16.6. The second-order valence-electron chi connectivity index (χ2n) is 4.03. The van der Waals surface area contributed by atoms with Crippen molar-refractivity contribution in [2.75, 3.05) is 7.05 Å². The molecule has 0 rings (SSSR count).